The molecule has 0 bridgehead atoms. The molecule has 0 spiro atoms. The standard InChI is InChI=1S/C17H14O3S.Mg.2H/c1-2-12-21(18,19)20-17-9-5-8-15-14-7-4-3-6-13(14)10-11-16(15)17;;;/h2-11H,1,12H2;;;/q;+2;2*-1. The quantitative estimate of drug-likeness (QED) is 0.318. The molecule has 0 aliphatic heterocycles. The molecule has 0 unspecified atom stereocenters. The third-order valence-corrected chi connectivity index (χ3v) is 4.36. The molecule has 0 saturated carbocycles. The minimum Gasteiger partial charge on any atom is -1.00 e. The molecule has 0 amide bonds. The third-order valence-electron chi connectivity index (χ3n) is 3.29. The molecule has 0 aromatic heterocycles. The van der Waals surface area contributed by atoms with Gasteiger partial charge in [0, 0.05) is 5.39 Å². The Morgan fingerprint density at radius 1 is 0.955 bits per heavy atom. The van der Waals surface area contributed by atoms with E-state index in [2.05, 4.69) is 6.58 Å². The van der Waals surface area contributed by atoms with Gasteiger partial charge in [0.25, 0.3) is 0 Å². The average molecular weight is 325 g/mol. The maximum atomic E-state index is 11.8. The number of hydrogen-bond acceptors (Lipinski definition) is 3. The van der Waals surface area contributed by atoms with Crippen molar-refractivity contribution in [2.45, 2.75) is 0 Å². The number of benzene rings is 3. The molecule has 110 valence electrons. The minimum absolute atomic E-state index is 0. The fourth-order valence-corrected chi connectivity index (χ4v) is 3.17. The first-order valence-corrected chi connectivity index (χ1v) is 8.12. The molecular formula is C17H16MgO3S. The smallest absolute Gasteiger partial charge is 1.00 e. The molecule has 0 aliphatic rings. The van der Waals surface area contributed by atoms with Crippen LogP contribution in [0.4, 0.5) is 0 Å². The van der Waals surface area contributed by atoms with Crippen molar-refractivity contribution in [3.8, 4) is 5.75 Å². The van der Waals surface area contributed by atoms with Crippen molar-refractivity contribution in [1.82, 2.24) is 0 Å². The van der Waals surface area contributed by atoms with Gasteiger partial charge >= 0.3 is 33.2 Å². The second kappa shape index (κ2) is 6.68. The maximum absolute atomic E-state index is 11.8. The van der Waals surface area contributed by atoms with E-state index in [9.17, 15) is 8.42 Å². The summed E-state index contributed by atoms with van der Waals surface area (Å²) in [5.74, 6) is 0.136. The van der Waals surface area contributed by atoms with Crippen molar-refractivity contribution in [2.24, 2.45) is 0 Å². The van der Waals surface area contributed by atoms with Crippen LogP contribution in [-0.2, 0) is 10.1 Å². The predicted molar refractivity (Wildman–Crippen MR) is 94.0 cm³/mol. The van der Waals surface area contributed by atoms with Gasteiger partial charge in [-0.25, -0.2) is 0 Å². The first kappa shape index (κ1) is 16.8. The van der Waals surface area contributed by atoms with E-state index >= 15 is 0 Å². The molecule has 0 N–H and O–H groups in total. The molecular weight excluding hydrogens is 309 g/mol. The Kier molecular flexibility index (Phi) is 5.11. The fraction of sp³-hybridized carbons (Fsp3) is 0.0588. The summed E-state index contributed by atoms with van der Waals surface area (Å²) in [6.45, 7) is 3.43. The summed E-state index contributed by atoms with van der Waals surface area (Å²) in [5.41, 5.74) is 0. The Bertz CT molecular complexity index is 943. The van der Waals surface area contributed by atoms with Gasteiger partial charge in [0.05, 0.1) is 0 Å². The zero-order valence-electron chi connectivity index (χ0n) is 14.0. The summed E-state index contributed by atoms with van der Waals surface area (Å²) in [4.78, 5) is 0. The van der Waals surface area contributed by atoms with Crippen LogP contribution in [-0.4, -0.2) is 37.2 Å². The Labute approximate surface area is 148 Å². The van der Waals surface area contributed by atoms with Crippen molar-refractivity contribution in [3.05, 3.63) is 67.3 Å². The van der Waals surface area contributed by atoms with Crippen LogP contribution in [0.5, 0.6) is 5.75 Å². The Balaban J connectivity index is 0.00000176. The van der Waals surface area contributed by atoms with Crippen LogP contribution in [0.15, 0.2) is 67.3 Å². The molecule has 3 nitrogen and oxygen atoms in total. The van der Waals surface area contributed by atoms with Gasteiger partial charge in [-0.2, -0.15) is 8.42 Å². The van der Waals surface area contributed by atoms with Crippen molar-refractivity contribution in [3.63, 3.8) is 0 Å². The monoisotopic (exact) mass is 324 g/mol. The summed E-state index contributed by atoms with van der Waals surface area (Å²) in [6.07, 6.45) is 1.32. The van der Waals surface area contributed by atoms with Crippen molar-refractivity contribution >= 4 is 54.7 Å². The second-order valence-electron chi connectivity index (χ2n) is 4.73. The van der Waals surface area contributed by atoms with Crippen molar-refractivity contribution < 1.29 is 15.5 Å². The maximum Gasteiger partial charge on any atom is 2.00 e. The van der Waals surface area contributed by atoms with Crippen LogP contribution in [0.3, 0.4) is 0 Å². The van der Waals surface area contributed by atoms with E-state index < -0.39 is 10.1 Å². The van der Waals surface area contributed by atoms with E-state index in [4.69, 9.17) is 4.18 Å². The largest absolute Gasteiger partial charge is 2.00 e. The van der Waals surface area contributed by atoms with E-state index in [1.54, 1.807) is 12.1 Å². The van der Waals surface area contributed by atoms with Gasteiger partial charge in [0.15, 0.2) is 0 Å². The molecule has 0 fully saturated rings. The SMILES string of the molecule is C=CCS(=O)(=O)Oc1cccc2c1ccc1ccccc12.[H-].[H-].[Mg+2]. The van der Waals surface area contributed by atoms with E-state index in [1.165, 1.54) is 6.08 Å². The van der Waals surface area contributed by atoms with Crippen LogP contribution < -0.4 is 4.18 Å². The molecule has 3 rings (SSSR count). The van der Waals surface area contributed by atoms with Gasteiger partial charge in [-0.3, -0.25) is 0 Å². The first-order valence-electron chi connectivity index (χ1n) is 6.54. The van der Waals surface area contributed by atoms with Crippen molar-refractivity contribution in [2.75, 3.05) is 5.75 Å². The topological polar surface area (TPSA) is 43.4 Å². The molecule has 22 heavy (non-hydrogen) atoms. The normalized spacial score (nSPS) is 11.1. The van der Waals surface area contributed by atoms with Crippen LogP contribution in [0.2, 0.25) is 0 Å². The van der Waals surface area contributed by atoms with Gasteiger partial charge in [0.2, 0.25) is 0 Å². The molecule has 5 heteroatoms. The average Bonchev–Trinajstić information content (AvgIpc) is 2.47. The van der Waals surface area contributed by atoms with Crippen molar-refractivity contribution in [1.29, 1.82) is 0 Å². The van der Waals surface area contributed by atoms with Gasteiger partial charge in [-0.15, -0.1) is 6.58 Å². The Morgan fingerprint density at radius 2 is 1.68 bits per heavy atom. The van der Waals surface area contributed by atoms with E-state index in [1.807, 2.05) is 42.5 Å². The summed E-state index contributed by atoms with van der Waals surface area (Å²) in [5, 5.41) is 3.93. The van der Waals surface area contributed by atoms with E-state index in [-0.39, 0.29) is 31.7 Å². The Morgan fingerprint density at radius 3 is 2.45 bits per heavy atom. The fourth-order valence-electron chi connectivity index (χ4n) is 2.40. The van der Waals surface area contributed by atoms with Crippen LogP contribution >= 0.6 is 0 Å². The predicted octanol–water partition coefficient (Wildman–Crippen LogP) is 3.73. The summed E-state index contributed by atoms with van der Waals surface area (Å²) >= 11 is 0. The van der Waals surface area contributed by atoms with Crippen LogP contribution in [0, 0.1) is 0 Å². The molecule has 0 atom stereocenters. The molecule has 3 aromatic rings. The summed E-state index contributed by atoms with van der Waals surface area (Å²) < 4.78 is 28.8. The number of rotatable bonds is 4. The second-order valence-corrected chi connectivity index (χ2v) is 6.35. The first-order chi connectivity index (χ1) is 10.1. The van der Waals surface area contributed by atoms with E-state index in [0.29, 0.717) is 5.75 Å². The van der Waals surface area contributed by atoms with E-state index in [0.717, 1.165) is 21.5 Å². The minimum atomic E-state index is -3.65. The van der Waals surface area contributed by atoms with Gasteiger partial charge in [0.1, 0.15) is 11.5 Å². The molecule has 0 aliphatic carbocycles. The number of fused-ring (bicyclic) bond motifs is 3. The summed E-state index contributed by atoms with van der Waals surface area (Å²) in [7, 11) is -3.65. The molecule has 0 saturated heterocycles. The molecule has 0 heterocycles. The zero-order chi connectivity index (χ0) is 14.9. The summed E-state index contributed by atoms with van der Waals surface area (Å²) in [6, 6.07) is 17.3. The Hall–Kier alpha value is -1.56. The molecule has 3 aromatic carbocycles. The van der Waals surface area contributed by atoms with Gasteiger partial charge < -0.3 is 7.04 Å². The third kappa shape index (κ3) is 3.26. The van der Waals surface area contributed by atoms with Crippen LogP contribution in [0.1, 0.15) is 2.85 Å². The molecule has 0 radical (unpaired) electrons. The van der Waals surface area contributed by atoms with Crippen LogP contribution in [0.25, 0.3) is 21.5 Å². The van der Waals surface area contributed by atoms with Gasteiger partial charge in [-0.05, 0) is 28.3 Å². The number of hydrogen-bond donors (Lipinski definition) is 0. The van der Waals surface area contributed by atoms with Gasteiger partial charge in [-0.1, -0.05) is 48.5 Å². The zero-order valence-corrected chi connectivity index (χ0v) is 14.3.